The Bertz CT molecular complexity index is 1530. The van der Waals surface area contributed by atoms with Gasteiger partial charge in [-0.05, 0) is 89.9 Å². The van der Waals surface area contributed by atoms with Crippen LogP contribution in [0, 0.1) is 0 Å². The first kappa shape index (κ1) is 68.7. The fourth-order valence-corrected chi connectivity index (χ4v) is 8.32. The highest BCUT2D eigenvalue weighted by Gasteiger charge is 2.28. The number of hydrogen-bond donors (Lipinski definition) is 2. The number of rotatable bonds is 52. The number of phosphoric ester groups is 1. The molecule has 0 aromatic heterocycles. The zero-order valence-corrected chi connectivity index (χ0v) is 46.5. The van der Waals surface area contributed by atoms with Gasteiger partial charge in [-0.2, -0.15) is 0 Å². The SMILES string of the molecule is CC/C=C\C/C=C\C/C=C\C/C=C\CCCCCCCCC(=O)OC(COC(=O)CCCCCCC/C=C\C/C=C\C/C=C\CC)COP(=O)(O)OCC(CO)OC(=O)CCCCCCCCCCCCC. The van der Waals surface area contributed by atoms with Crippen LogP contribution in [0.4, 0.5) is 0 Å². The minimum Gasteiger partial charge on any atom is -0.462 e. The number of unbranched alkanes of at least 4 members (excludes halogenated alkanes) is 21. The van der Waals surface area contributed by atoms with Crippen LogP contribution in [0.25, 0.3) is 0 Å². The van der Waals surface area contributed by atoms with E-state index in [9.17, 15) is 28.9 Å². The van der Waals surface area contributed by atoms with Gasteiger partial charge in [0.2, 0.25) is 0 Å². The molecule has 0 aliphatic heterocycles. The molecule has 0 rings (SSSR count). The molecule has 2 N–H and O–H groups in total. The van der Waals surface area contributed by atoms with Crippen molar-refractivity contribution in [2.75, 3.05) is 26.4 Å². The maximum absolute atomic E-state index is 12.9. The van der Waals surface area contributed by atoms with Gasteiger partial charge in [-0.3, -0.25) is 23.4 Å². The first-order valence-electron chi connectivity index (χ1n) is 28.5. The van der Waals surface area contributed by atoms with Gasteiger partial charge in [-0.1, -0.05) is 215 Å². The normalized spacial score (nSPS) is 14.0. The van der Waals surface area contributed by atoms with Crippen molar-refractivity contribution >= 4 is 25.7 Å². The highest BCUT2D eigenvalue weighted by atomic mass is 31.2. The Balaban J connectivity index is 4.78. The molecular weight excluding hydrogens is 928 g/mol. The van der Waals surface area contributed by atoms with Crippen LogP contribution in [0.3, 0.4) is 0 Å². The van der Waals surface area contributed by atoms with Crippen LogP contribution in [-0.4, -0.2) is 66.5 Å². The Hall–Kier alpha value is -3.34. The fraction of sp³-hybridized carbons (Fsp3) is 0.717. The monoisotopic (exact) mass is 1030 g/mol. The standard InChI is InChI=1S/C60H103O11P/c1-4-7-10-13-16-19-22-24-26-27-28-29-31-33-36-39-42-45-48-51-60(64)71-57(53-67-58(62)49-46-43-40-37-35-32-30-25-23-20-17-14-11-8-5-2)55-69-72(65,66)68-54-56(52-61)70-59(63)50-47-44-41-38-34-21-18-15-12-9-6-3/h7-8,10-11,16-17,19-20,24-26,28-30,56-57,61H,4-6,9,12-15,18,21-23,27,31-55H2,1-3H3,(H,65,66)/b10-7-,11-8-,19-16-,20-17-,26-24-,29-28-,30-25-. The Labute approximate surface area is 439 Å². The molecular formula is C60H103O11P. The third-order valence-electron chi connectivity index (χ3n) is 11.8. The molecule has 0 heterocycles. The predicted octanol–water partition coefficient (Wildman–Crippen LogP) is 16.7. The number of ether oxygens (including phenoxy) is 3. The summed E-state index contributed by atoms with van der Waals surface area (Å²) >= 11 is 0. The lowest BCUT2D eigenvalue weighted by molar-refractivity contribution is -0.161. The van der Waals surface area contributed by atoms with Crippen molar-refractivity contribution in [1.29, 1.82) is 0 Å². The van der Waals surface area contributed by atoms with Gasteiger partial charge in [0.05, 0.1) is 19.8 Å². The summed E-state index contributed by atoms with van der Waals surface area (Å²) in [6, 6.07) is 0. The van der Waals surface area contributed by atoms with Crippen molar-refractivity contribution in [1.82, 2.24) is 0 Å². The van der Waals surface area contributed by atoms with E-state index >= 15 is 0 Å². The van der Waals surface area contributed by atoms with Gasteiger partial charge in [-0.25, -0.2) is 4.57 Å². The molecule has 0 amide bonds. The lowest BCUT2D eigenvalue weighted by atomic mass is 10.1. The Kier molecular flexibility index (Phi) is 51.4. The summed E-state index contributed by atoms with van der Waals surface area (Å²) in [7, 11) is -4.75. The average Bonchev–Trinajstić information content (AvgIpc) is 3.37. The van der Waals surface area contributed by atoms with Gasteiger partial charge in [0, 0.05) is 19.3 Å². The number of carbonyl (C=O) groups excluding carboxylic acids is 3. The largest absolute Gasteiger partial charge is 0.472 e. The van der Waals surface area contributed by atoms with E-state index in [1.807, 2.05) is 0 Å². The summed E-state index contributed by atoms with van der Waals surface area (Å²) in [5, 5.41) is 9.79. The van der Waals surface area contributed by atoms with Crippen molar-refractivity contribution < 1.29 is 52.2 Å². The van der Waals surface area contributed by atoms with Crippen LogP contribution in [0.2, 0.25) is 0 Å². The highest BCUT2D eigenvalue weighted by Crippen LogP contribution is 2.43. The first-order chi connectivity index (χ1) is 35.2. The third kappa shape index (κ3) is 51.6. The van der Waals surface area contributed by atoms with Crippen molar-refractivity contribution in [2.24, 2.45) is 0 Å². The maximum atomic E-state index is 12.9. The molecule has 0 bridgehead atoms. The number of hydrogen-bond acceptors (Lipinski definition) is 10. The Morgan fingerprint density at radius 2 is 0.722 bits per heavy atom. The van der Waals surface area contributed by atoms with Crippen LogP contribution < -0.4 is 0 Å². The van der Waals surface area contributed by atoms with Crippen LogP contribution in [-0.2, 0) is 42.2 Å². The van der Waals surface area contributed by atoms with Gasteiger partial charge in [0.1, 0.15) is 12.7 Å². The van der Waals surface area contributed by atoms with Gasteiger partial charge >= 0.3 is 25.7 Å². The van der Waals surface area contributed by atoms with E-state index in [1.54, 1.807) is 0 Å². The summed E-state index contributed by atoms with van der Waals surface area (Å²) in [5.41, 5.74) is 0. The van der Waals surface area contributed by atoms with E-state index in [1.165, 1.54) is 44.9 Å². The molecule has 0 aliphatic rings. The molecule has 0 saturated carbocycles. The molecule has 0 aromatic rings. The van der Waals surface area contributed by atoms with E-state index in [-0.39, 0.29) is 25.9 Å². The zero-order valence-electron chi connectivity index (χ0n) is 45.6. The fourth-order valence-electron chi connectivity index (χ4n) is 7.54. The predicted molar refractivity (Wildman–Crippen MR) is 298 cm³/mol. The van der Waals surface area contributed by atoms with Crippen molar-refractivity contribution in [3.63, 3.8) is 0 Å². The quantitative estimate of drug-likeness (QED) is 0.0197. The van der Waals surface area contributed by atoms with E-state index in [2.05, 4.69) is 106 Å². The molecule has 72 heavy (non-hydrogen) atoms. The molecule has 3 atom stereocenters. The summed E-state index contributed by atoms with van der Waals surface area (Å²) in [4.78, 5) is 48.5. The number of phosphoric acid groups is 1. The van der Waals surface area contributed by atoms with Gasteiger partial charge in [0.15, 0.2) is 6.10 Å². The lowest BCUT2D eigenvalue weighted by Crippen LogP contribution is -2.30. The molecule has 0 spiro atoms. The average molecular weight is 1030 g/mol. The first-order valence-corrected chi connectivity index (χ1v) is 30.0. The molecule has 0 aromatic carbocycles. The van der Waals surface area contributed by atoms with Crippen molar-refractivity contribution in [3.8, 4) is 0 Å². The molecule has 3 unspecified atom stereocenters. The van der Waals surface area contributed by atoms with E-state index < -0.39 is 57.8 Å². The Morgan fingerprint density at radius 1 is 0.403 bits per heavy atom. The van der Waals surface area contributed by atoms with Crippen LogP contribution in [0.1, 0.15) is 239 Å². The summed E-state index contributed by atoms with van der Waals surface area (Å²) < 4.78 is 39.5. The summed E-state index contributed by atoms with van der Waals surface area (Å²) in [6.45, 7) is 4.38. The second-order valence-electron chi connectivity index (χ2n) is 18.7. The molecule has 0 aliphatic carbocycles. The molecule has 0 radical (unpaired) electrons. The van der Waals surface area contributed by atoms with Gasteiger partial charge < -0.3 is 24.2 Å². The van der Waals surface area contributed by atoms with E-state index in [0.717, 1.165) is 135 Å². The minimum absolute atomic E-state index is 0.145. The Morgan fingerprint density at radius 3 is 1.11 bits per heavy atom. The maximum Gasteiger partial charge on any atom is 0.472 e. The van der Waals surface area contributed by atoms with E-state index in [0.29, 0.717) is 19.3 Å². The van der Waals surface area contributed by atoms with Crippen LogP contribution >= 0.6 is 7.82 Å². The van der Waals surface area contributed by atoms with Gasteiger partial charge in [-0.15, -0.1) is 0 Å². The molecule has 414 valence electrons. The molecule has 11 nitrogen and oxygen atoms in total. The van der Waals surface area contributed by atoms with Gasteiger partial charge in [0.25, 0.3) is 0 Å². The molecule has 12 heteroatoms. The number of aliphatic hydroxyl groups is 1. The second kappa shape index (κ2) is 53.9. The third-order valence-corrected chi connectivity index (χ3v) is 12.8. The topological polar surface area (TPSA) is 155 Å². The van der Waals surface area contributed by atoms with Crippen LogP contribution in [0.5, 0.6) is 0 Å². The van der Waals surface area contributed by atoms with Crippen molar-refractivity contribution in [2.45, 2.75) is 251 Å². The molecule has 0 fully saturated rings. The highest BCUT2D eigenvalue weighted by molar-refractivity contribution is 7.47. The number of aliphatic hydroxyl groups excluding tert-OH is 1. The summed E-state index contributed by atoms with van der Waals surface area (Å²) in [5.74, 6) is -1.50. The number of carbonyl (C=O) groups is 3. The smallest absolute Gasteiger partial charge is 0.462 e. The van der Waals surface area contributed by atoms with Crippen molar-refractivity contribution in [3.05, 3.63) is 85.1 Å². The minimum atomic E-state index is -4.75. The second-order valence-corrected chi connectivity index (χ2v) is 20.1. The number of esters is 3. The molecule has 0 saturated heterocycles. The zero-order chi connectivity index (χ0) is 52.7. The lowest BCUT2D eigenvalue weighted by Gasteiger charge is -2.21. The number of allylic oxidation sites excluding steroid dienone is 14. The van der Waals surface area contributed by atoms with Crippen LogP contribution in [0.15, 0.2) is 85.1 Å². The van der Waals surface area contributed by atoms with E-state index in [4.69, 9.17) is 23.3 Å². The summed E-state index contributed by atoms with van der Waals surface area (Å²) in [6.07, 6.45) is 61.1.